The van der Waals surface area contributed by atoms with E-state index in [1.165, 1.54) is 54.8 Å². The zero-order chi connectivity index (χ0) is 20.5. The third-order valence-electron chi connectivity index (χ3n) is 5.83. The molecule has 0 radical (unpaired) electrons. The average molecular weight is 416 g/mol. The van der Waals surface area contributed by atoms with E-state index in [-0.39, 0.29) is 11.1 Å². The van der Waals surface area contributed by atoms with Gasteiger partial charge in [0.25, 0.3) is 0 Å². The number of benzene rings is 1. The van der Waals surface area contributed by atoms with E-state index < -0.39 is 0 Å². The quantitative estimate of drug-likeness (QED) is 0.607. The van der Waals surface area contributed by atoms with E-state index in [2.05, 4.69) is 22.4 Å². The minimum absolute atomic E-state index is 0.00944. The number of hydrogen-bond acceptors (Lipinski definition) is 3. The van der Waals surface area contributed by atoms with Crippen molar-refractivity contribution in [3.05, 3.63) is 36.0 Å². The molecule has 2 aromatic rings. The molecule has 6 heteroatoms. The Hall–Kier alpha value is -1.95. The monoisotopic (exact) mass is 415 g/mol. The van der Waals surface area contributed by atoms with Crippen LogP contribution < -0.4 is 5.32 Å². The number of amides is 2. The molecule has 1 aliphatic carbocycles. The summed E-state index contributed by atoms with van der Waals surface area (Å²) in [5, 5.41) is 4.42. The Morgan fingerprint density at radius 2 is 1.97 bits per heavy atom. The van der Waals surface area contributed by atoms with Gasteiger partial charge in [-0.05, 0) is 30.4 Å². The Morgan fingerprint density at radius 3 is 2.76 bits per heavy atom. The highest BCUT2D eigenvalue weighted by molar-refractivity contribution is 8.13. The summed E-state index contributed by atoms with van der Waals surface area (Å²) in [6, 6.07) is 8.23. The van der Waals surface area contributed by atoms with Crippen LogP contribution in [0.25, 0.3) is 10.9 Å². The number of aromatic nitrogens is 1. The molecule has 1 aromatic heterocycles. The van der Waals surface area contributed by atoms with Crippen LogP contribution in [-0.4, -0.2) is 46.4 Å². The molecule has 158 valence electrons. The normalized spacial score (nSPS) is 14.8. The van der Waals surface area contributed by atoms with Gasteiger partial charge in [-0.25, -0.2) is 4.79 Å². The summed E-state index contributed by atoms with van der Waals surface area (Å²) in [6.07, 6.45) is 10.5. The standard InChI is InChI=1S/C23H33N3O2S/c1-18(27)29-16-15-26(14-12-19-7-3-2-4-8-19)23(28)24-13-11-20-17-25-22-10-6-5-9-21(20)22/h5-6,9-10,17,19,25H,2-4,7-8,11-16H2,1H3,(H,24,28). The predicted octanol–water partition coefficient (Wildman–Crippen LogP) is 4.97. The Bertz CT molecular complexity index is 798. The van der Waals surface area contributed by atoms with Gasteiger partial charge in [-0.1, -0.05) is 62.1 Å². The summed E-state index contributed by atoms with van der Waals surface area (Å²) in [7, 11) is 0. The maximum absolute atomic E-state index is 12.8. The lowest BCUT2D eigenvalue weighted by Crippen LogP contribution is -2.43. The second-order valence-electron chi connectivity index (χ2n) is 7.96. The van der Waals surface area contributed by atoms with Crippen molar-refractivity contribution in [1.29, 1.82) is 0 Å². The molecule has 0 saturated heterocycles. The molecule has 0 unspecified atom stereocenters. The Labute approximate surface area is 178 Å². The zero-order valence-electron chi connectivity index (χ0n) is 17.4. The molecule has 1 heterocycles. The smallest absolute Gasteiger partial charge is 0.317 e. The Balaban J connectivity index is 1.49. The van der Waals surface area contributed by atoms with Crippen molar-refractivity contribution >= 4 is 33.8 Å². The van der Waals surface area contributed by atoms with Crippen molar-refractivity contribution in [2.24, 2.45) is 5.92 Å². The van der Waals surface area contributed by atoms with Crippen molar-refractivity contribution in [3.8, 4) is 0 Å². The van der Waals surface area contributed by atoms with Gasteiger partial charge in [0.05, 0.1) is 0 Å². The summed E-state index contributed by atoms with van der Waals surface area (Å²) in [4.78, 5) is 29.2. The number of thioether (sulfide) groups is 1. The molecule has 2 amide bonds. The lowest BCUT2D eigenvalue weighted by molar-refractivity contribution is -0.109. The number of urea groups is 1. The molecular formula is C23H33N3O2S. The number of carbonyl (C=O) groups is 2. The van der Waals surface area contributed by atoms with Crippen molar-refractivity contribution in [2.45, 2.75) is 51.9 Å². The third kappa shape index (κ3) is 6.81. The van der Waals surface area contributed by atoms with Crippen LogP contribution in [0.2, 0.25) is 0 Å². The molecule has 5 nitrogen and oxygen atoms in total. The van der Waals surface area contributed by atoms with Crippen LogP contribution in [0.15, 0.2) is 30.5 Å². The van der Waals surface area contributed by atoms with Crippen LogP contribution in [0.5, 0.6) is 0 Å². The highest BCUT2D eigenvalue weighted by atomic mass is 32.2. The number of carbonyl (C=O) groups excluding carboxylic acids is 2. The lowest BCUT2D eigenvalue weighted by atomic mass is 9.87. The summed E-state index contributed by atoms with van der Waals surface area (Å²) in [6.45, 7) is 3.59. The van der Waals surface area contributed by atoms with Crippen molar-refractivity contribution in [1.82, 2.24) is 15.2 Å². The Morgan fingerprint density at radius 1 is 1.17 bits per heavy atom. The van der Waals surface area contributed by atoms with E-state index in [4.69, 9.17) is 0 Å². The maximum Gasteiger partial charge on any atom is 0.317 e. The molecule has 0 aliphatic heterocycles. The average Bonchev–Trinajstić information content (AvgIpc) is 3.14. The number of H-pyrrole nitrogens is 1. The highest BCUT2D eigenvalue weighted by Gasteiger charge is 2.18. The molecular weight excluding hydrogens is 382 g/mol. The number of nitrogens with zero attached hydrogens (tertiary/aromatic N) is 1. The van der Waals surface area contributed by atoms with Gasteiger partial charge in [-0.2, -0.15) is 0 Å². The molecule has 2 N–H and O–H groups in total. The molecule has 1 fully saturated rings. The second kappa shape index (κ2) is 11.3. The lowest BCUT2D eigenvalue weighted by Gasteiger charge is -2.27. The molecule has 3 rings (SSSR count). The fourth-order valence-electron chi connectivity index (χ4n) is 4.18. The number of hydrogen-bond donors (Lipinski definition) is 2. The van der Waals surface area contributed by atoms with Gasteiger partial charge in [-0.3, -0.25) is 4.79 Å². The molecule has 0 bridgehead atoms. The van der Waals surface area contributed by atoms with E-state index in [9.17, 15) is 9.59 Å². The fraction of sp³-hybridized carbons (Fsp3) is 0.565. The fourth-order valence-corrected chi connectivity index (χ4v) is 4.78. The van der Waals surface area contributed by atoms with Gasteiger partial charge >= 0.3 is 6.03 Å². The van der Waals surface area contributed by atoms with Gasteiger partial charge in [0.2, 0.25) is 0 Å². The van der Waals surface area contributed by atoms with Crippen LogP contribution in [0.1, 0.15) is 51.0 Å². The van der Waals surface area contributed by atoms with Crippen LogP contribution >= 0.6 is 11.8 Å². The summed E-state index contributed by atoms with van der Waals surface area (Å²) < 4.78 is 0. The minimum Gasteiger partial charge on any atom is -0.361 e. The van der Waals surface area contributed by atoms with Gasteiger partial charge in [0, 0.05) is 49.4 Å². The van der Waals surface area contributed by atoms with Crippen LogP contribution in [0, 0.1) is 5.92 Å². The van der Waals surface area contributed by atoms with E-state index in [0.29, 0.717) is 18.8 Å². The van der Waals surface area contributed by atoms with Crippen molar-refractivity contribution in [3.63, 3.8) is 0 Å². The number of para-hydroxylation sites is 1. The number of nitrogens with one attached hydrogen (secondary N) is 2. The summed E-state index contributed by atoms with van der Waals surface area (Å²) in [5.74, 6) is 1.40. The van der Waals surface area contributed by atoms with Crippen LogP contribution in [0.3, 0.4) is 0 Å². The Kier molecular flexibility index (Phi) is 8.47. The van der Waals surface area contributed by atoms with Crippen molar-refractivity contribution < 1.29 is 9.59 Å². The third-order valence-corrected chi connectivity index (χ3v) is 6.62. The number of rotatable bonds is 9. The van der Waals surface area contributed by atoms with Gasteiger partial charge < -0.3 is 15.2 Å². The summed E-state index contributed by atoms with van der Waals surface area (Å²) in [5.41, 5.74) is 2.35. The van der Waals surface area contributed by atoms with Gasteiger partial charge in [-0.15, -0.1) is 0 Å². The topological polar surface area (TPSA) is 65.2 Å². The van der Waals surface area contributed by atoms with E-state index in [1.54, 1.807) is 6.92 Å². The zero-order valence-corrected chi connectivity index (χ0v) is 18.2. The largest absolute Gasteiger partial charge is 0.361 e. The van der Waals surface area contributed by atoms with E-state index >= 15 is 0 Å². The second-order valence-corrected chi connectivity index (χ2v) is 9.23. The van der Waals surface area contributed by atoms with E-state index in [0.717, 1.165) is 30.8 Å². The molecule has 1 saturated carbocycles. The first kappa shape index (κ1) is 21.8. The number of aromatic amines is 1. The van der Waals surface area contributed by atoms with Gasteiger partial charge in [0.1, 0.15) is 0 Å². The van der Waals surface area contributed by atoms with E-state index in [1.807, 2.05) is 23.2 Å². The first-order chi connectivity index (χ1) is 14.1. The first-order valence-electron chi connectivity index (χ1n) is 10.8. The minimum atomic E-state index is -0.00944. The molecule has 1 aliphatic rings. The van der Waals surface area contributed by atoms with Crippen LogP contribution in [0.4, 0.5) is 4.79 Å². The molecule has 29 heavy (non-hydrogen) atoms. The molecule has 0 spiro atoms. The highest BCUT2D eigenvalue weighted by Crippen LogP contribution is 2.26. The predicted molar refractivity (Wildman–Crippen MR) is 121 cm³/mol. The molecule has 1 aromatic carbocycles. The van der Waals surface area contributed by atoms with Crippen LogP contribution in [-0.2, 0) is 11.2 Å². The van der Waals surface area contributed by atoms with Crippen molar-refractivity contribution in [2.75, 3.05) is 25.4 Å². The summed E-state index contributed by atoms with van der Waals surface area (Å²) >= 11 is 1.30. The first-order valence-corrected chi connectivity index (χ1v) is 11.8. The van der Waals surface area contributed by atoms with Gasteiger partial charge in [0.15, 0.2) is 5.12 Å². The maximum atomic E-state index is 12.8. The molecule has 0 atom stereocenters. The number of fused-ring (bicyclic) bond motifs is 1. The SMILES string of the molecule is CC(=O)SCCN(CCC1CCCCC1)C(=O)NCCc1c[nH]c2ccccc12.